The second-order valence-electron chi connectivity index (χ2n) is 6.28. The number of aromatic nitrogens is 1. The average molecular weight is 309 g/mol. The number of pyridine rings is 1. The van der Waals surface area contributed by atoms with Crippen molar-refractivity contribution in [1.29, 1.82) is 0 Å². The van der Waals surface area contributed by atoms with Crippen LogP contribution in [0.15, 0.2) is 12.1 Å². The number of rotatable bonds is 4. The van der Waals surface area contributed by atoms with Crippen LogP contribution >= 0.6 is 0 Å². The predicted octanol–water partition coefficient (Wildman–Crippen LogP) is 1.30. The standard InChI is InChI=1S/C15H23N3O4/c1-9-10(13(19)18-16)6-7-12(17-9)20-8-11-14(2,3)22-15(4,5)21-11/h6-7,11H,8,16H2,1-5H3,(H,18,19)/t11-/m0/s1. The minimum atomic E-state index is -0.635. The lowest BCUT2D eigenvalue weighted by Crippen LogP contribution is -2.37. The summed E-state index contributed by atoms with van der Waals surface area (Å²) in [5, 5.41) is 0. The van der Waals surface area contributed by atoms with Gasteiger partial charge in [-0.05, 0) is 40.7 Å². The highest BCUT2D eigenvalue weighted by Gasteiger charge is 2.47. The Balaban J connectivity index is 2.03. The van der Waals surface area contributed by atoms with Gasteiger partial charge >= 0.3 is 0 Å². The van der Waals surface area contributed by atoms with Crippen LogP contribution in [0.2, 0.25) is 0 Å². The Morgan fingerprint density at radius 3 is 2.59 bits per heavy atom. The van der Waals surface area contributed by atoms with Gasteiger partial charge in [-0.25, -0.2) is 10.8 Å². The van der Waals surface area contributed by atoms with E-state index in [1.807, 2.05) is 27.7 Å². The molecular weight excluding hydrogens is 286 g/mol. The van der Waals surface area contributed by atoms with Crippen molar-refractivity contribution in [2.75, 3.05) is 6.61 Å². The first-order valence-electron chi connectivity index (χ1n) is 7.14. The Kier molecular flexibility index (Phi) is 4.42. The molecule has 2 heterocycles. The van der Waals surface area contributed by atoms with Gasteiger partial charge in [-0.2, -0.15) is 0 Å². The molecule has 0 spiro atoms. The second kappa shape index (κ2) is 5.83. The number of amides is 1. The maximum atomic E-state index is 11.5. The van der Waals surface area contributed by atoms with E-state index in [0.717, 1.165) is 0 Å². The smallest absolute Gasteiger partial charge is 0.267 e. The van der Waals surface area contributed by atoms with Gasteiger partial charge in [0.15, 0.2) is 5.79 Å². The van der Waals surface area contributed by atoms with Crippen molar-refractivity contribution < 1.29 is 19.0 Å². The first kappa shape index (κ1) is 16.7. The zero-order valence-corrected chi connectivity index (χ0v) is 13.6. The van der Waals surface area contributed by atoms with E-state index in [4.69, 9.17) is 20.1 Å². The first-order chi connectivity index (χ1) is 10.1. The third-order valence-electron chi connectivity index (χ3n) is 3.53. The molecule has 0 aromatic carbocycles. The summed E-state index contributed by atoms with van der Waals surface area (Å²) in [6.45, 7) is 9.70. The summed E-state index contributed by atoms with van der Waals surface area (Å²) in [4.78, 5) is 15.8. The number of nitrogens with zero attached hydrogens (tertiary/aromatic N) is 1. The van der Waals surface area contributed by atoms with Crippen LogP contribution in [0.5, 0.6) is 5.88 Å². The van der Waals surface area contributed by atoms with Gasteiger partial charge in [-0.1, -0.05) is 0 Å². The van der Waals surface area contributed by atoms with Gasteiger partial charge in [0.05, 0.1) is 16.9 Å². The van der Waals surface area contributed by atoms with Crippen LogP contribution in [-0.2, 0) is 9.47 Å². The highest BCUT2D eigenvalue weighted by molar-refractivity contribution is 5.94. The summed E-state index contributed by atoms with van der Waals surface area (Å²) < 4.78 is 17.4. The van der Waals surface area contributed by atoms with E-state index in [1.54, 1.807) is 19.1 Å². The molecule has 2 rings (SSSR count). The third-order valence-corrected chi connectivity index (χ3v) is 3.53. The zero-order chi connectivity index (χ0) is 16.5. The molecular formula is C15H23N3O4. The molecule has 1 aromatic heterocycles. The Morgan fingerprint density at radius 2 is 2.09 bits per heavy atom. The first-order valence-corrected chi connectivity index (χ1v) is 7.14. The van der Waals surface area contributed by atoms with E-state index < -0.39 is 11.4 Å². The zero-order valence-electron chi connectivity index (χ0n) is 13.6. The molecule has 0 radical (unpaired) electrons. The molecule has 1 aromatic rings. The van der Waals surface area contributed by atoms with E-state index in [1.165, 1.54) is 0 Å². The van der Waals surface area contributed by atoms with E-state index >= 15 is 0 Å². The lowest BCUT2D eigenvalue weighted by molar-refractivity contribution is -0.158. The van der Waals surface area contributed by atoms with Gasteiger partial charge in [-0.15, -0.1) is 0 Å². The molecule has 122 valence electrons. The van der Waals surface area contributed by atoms with Crippen molar-refractivity contribution in [3.63, 3.8) is 0 Å². The number of nitrogens with two attached hydrogens (primary N) is 1. The van der Waals surface area contributed by atoms with Crippen molar-refractivity contribution in [1.82, 2.24) is 10.4 Å². The fraction of sp³-hybridized carbons (Fsp3) is 0.600. The minimum absolute atomic E-state index is 0.211. The number of carbonyl (C=O) groups is 1. The number of ether oxygens (including phenoxy) is 3. The molecule has 7 heteroatoms. The maximum Gasteiger partial charge on any atom is 0.267 e. The maximum absolute atomic E-state index is 11.5. The van der Waals surface area contributed by atoms with Crippen LogP contribution in [-0.4, -0.2) is 35.0 Å². The molecule has 22 heavy (non-hydrogen) atoms. The van der Waals surface area contributed by atoms with Gasteiger partial charge in [0.25, 0.3) is 5.91 Å². The topological polar surface area (TPSA) is 95.7 Å². The van der Waals surface area contributed by atoms with Crippen LogP contribution in [0, 0.1) is 6.92 Å². The molecule has 1 fully saturated rings. The Hall–Kier alpha value is -1.70. The molecule has 1 amide bonds. The van der Waals surface area contributed by atoms with E-state index in [2.05, 4.69) is 10.4 Å². The number of hydrogen-bond donors (Lipinski definition) is 2. The molecule has 3 N–H and O–H groups in total. The highest BCUT2D eigenvalue weighted by atomic mass is 16.8. The Morgan fingerprint density at radius 1 is 1.41 bits per heavy atom. The molecule has 1 aliphatic heterocycles. The Labute approximate surface area is 130 Å². The Bertz CT molecular complexity index is 572. The van der Waals surface area contributed by atoms with Crippen molar-refractivity contribution >= 4 is 5.91 Å². The summed E-state index contributed by atoms with van der Waals surface area (Å²) in [6.07, 6.45) is -0.211. The quantitative estimate of drug-likeness (QED) is 0.494. The van der Waals surface area contributed by atoms with Crippen LogP contribution in [0.4, 0.5) is 0 Å². The monoisotopic (exact) mass is 309 g/mol. The van der Waals surface area contributed by atoms with Crippen molar-refractivity contribution in [2.45, 2.75) is 52.1 Å². The van der Waals surface area contributed by atoms with Crippen LogP contribution in [0.1, 0.15) is 43.7 Å². The number of hydrazine groups is 1. The molecule has 1 aliphatic rings. The van der Waals surface area contributed by atoms with Crippen LogP contribution < -0.4 is 16.0 Å². The van der Waals surface area contributed by atoms with Crippen molar-refractivity contribution in [3.8, 4) is 5.88 Å². The highest BCUT2D eigenvalue weighted by Crippen LogP contribution is 2.36. The van der Waals surface area contributed by atoms with Crippen molar-refractivity contribution in [3.05, 3.63) is 23.4 Å². The fourth-order valence-electron chi connectivity index (χ4n) is 2.54. The number of nitrogen functional groups attached to an aromatic ring is 1. The lowest BCUT2D eigenvalue weighted by atomic mass is 10.0. The summed E-state index contributed by atoms with van der Waals surface area (Å²) >= 11 is 0. The summed E-state index contributed by atoms with van der Waals surface area (Å²) in [5.41, 5.74) is 2.59. The summed E-state index contributed by atoms with van der Waals surface area (Å²) in [7, 11) is 0. The molecule has 0 aliphatic carbocycles. The van der Waals surface area contributed by atoms with Crippen LogP contribution in [0.3, 0.4) is 0 Å². The molecule has 0 unspecified atom stereocenters. The van der Waals surface area contributed by atoms with Crippen LogP contribution in [0.25, 0.3) is 0 Å². The van der Waals surface area contributed by atoms with Gasteiger partial charge in [0, 0.05) is 6.07 Å². The third kappa shape index (κ3) is 3.55. The largest absolute Gasteiger partial charge is 0.475 e. The molecule has 0 saturated carbocycles. The number of hydrogen-bond acceptors (Lipinski definition) is 6. The van der Waals surface area contributed by atoms with E-state index in [9.17, 15) is 4.79 Å². The number of carbonyl (C=O) groups excluding carboxylic acids is 1. The molecule has 1 atom stereocenters. The minimum Gasteiger partial charge on any atom is -0.475 e. The summed E-state index contributed by atoms with van der Waals surface area (Å²) in [6, 6.07) is 3.26. The number of nitrogens with one attached hydrogen (secondary N) is 1. The van der Waals surface area contributed by atoms with Crippen molar-refractivity contribution in [2.24, 2.45) is 5.84 Å². The van der Waals surface area contributed by atoms with E-state index in [0.29, 0.717) is 23.7 Å². The molecule has 7 nitrogen and oxygen atoms in total. The fourth-order valence-corrected chi connectivity index (χ4v) is 2.54. The molecule has 0 bridgehead atoms. The predicted molar refractivity (Wildman–Crippen MR) is 80.2 cm³/mol. The normalized spacial score (nSPS) is 22.4. The van der Waals surface area contributed by atoms with Gasteiger partial charge in [-0.3, -0.25) is 10.2 Å². The average Bonchev–Trinajstić information content (AvgIpc) is 2.63. The van der Waals surface area contributed by atoms with E-state index in [-0.39, 0.29) is 12.0 Å². The summed E-state index contributed by atoms with van der Waals surface area (Å²) in [5.74, 6) is 4.53. The van der Waals surface area contributed by atoms with Gasteiger partial charge < -0.3 is 14.2 Å². The van der Waals surface area contributed by atoms with Gasteiger partial charge in [0.1, 0.15) is 12.7 Å². The number of aryl methyl sites for hydroxylation is 1. The van der Waals surface area contributed by atoms with Gasteiger partial charge in [0.2, 0.25) is 5.88 Å². The molecule has 1 saturated heterocycles. The lowest BCUT2D eigenvalue weighted by Gasteiger charge is -2.23. The SMILES string of the molecule is Cc1nc(OC[C@@H]2OC(C)(C)OC2(C)C)ccc1C(=O)NN. The second-order valence-corrected chi connectivity index (χ2v) is 6.28.